The summed E-state index contributed by atoms with van der Waals surface area (Å²) in [5.41, 5.74) is 11.7. The van der Waals surface area contributed by atoms with Crippen molar-refractivity contribution in [3.63, 3.8) is 0 Å². The van der Waals surface area contributed by atoms with Crippen LogP contribution < -0.4 is 5.73 Å². The maximum atomic E-state index is 6.40. The van der Waals surface area contributed by atoms with Gasteiger partial charge in [0, 0.05) is 29.7 Å². The van der Waals surface area contributed by atoms with Gasteiger partial charge in [-0.3, -0.25) is 4.68 Å². The van der Waals surface area contributed by atoms with E-state index in [0.717, 1.165) is 18.5 Å². The molecule has 0 bridgehead atoms. The van der Waals surface area contributed by atoms with Gasteiger partial charge in [0.2, 0.25) is 0 Å². The molecule has 4 heteroatoms. The van der Waals surface area contributed by atoms with Crippen LogP contribution in [0.4, 0.5) is 0 Å². The summed E-state index contributed by atoms with van der Waals surface area (Å²) in [7, 11) is 0. The summed E-state index contributed by atoms with van der Waals surface area (Å²) in [5.74, 6) is 0. The molecule has 0 radical (unpaired) electrons. The van der Waals surface area contributed by atoms with E-state index in [-0.39, 0.29) is 11.5 Å². The summed E-state index contributed by atoms with van der Waals surface area (Å²) in [6.45, 7) is 11.1. The lowest BCUT2D eigenvalue weighted by atomic mass is 9.74. The van der Waals surface area contributed by atoms with Gasteiger partial charge in [0.1, 0.15) is 0 Å². The predicted octanol–water partition coefficient (Wildman–Crippen LogP) is 3.54. The van der Waals surface area contributed by atoms with Crippen LogP contribution in [0.5, 0.6) is 0 Å². The molecule has 21 heavy (non-hydrogen) atoms. The average Bonchev–Trinajstić information content (AvgIpc) is 2.92. The number of nitrogens with zero attached hydrogens (tertiary/aromatic N) is 3. The minimum Gasteiger partial charge on any atom is -0.324 e. The number of hydrogen-bond acceptors (Lipinski definition) is 2. The normalized spacial score (nSPS) is 20.8. The molecule has 2 N–H and O–H groups in total. The van der Waals surface area contributed by atoms with Gasteiger partial charge < -0.3 is 10.3 Å². The Labute approximate surface area is 126 Å². The summed E-state index contributed by atoms with van der Waals surface area (Å²) in [6, 6.07) is 2.77. The fourth-order valence-corrected chi connectivity index (χ4v) is 3.53. The highest BCUT2D eigenvalue weighted by Crippen LogP contribution is 2.41. The van der Waals surface area contributed by atoms with Crippen molar-refractivity contribution < 1.29 is 0 Å². The highest BCUT2D eigenvalue weighted by atomic mass is 15.3. The highest BCUT2D eigenvalue weighted by Gasteiger charge is 2.33. The molecule has 2 heterocycles. The van der Waals surface area contributed by atoms with E-state index in [2.05, 4.69) is 56.5 Å². The second-order valence-corrected chi connectivity index (χ2v) is 7.45. The van der Waals surface area contributed by atoms with Crippen molar-refractivity contribution in [3.8, 4) is 5.69 Å². The van der Waals surface area contributed by atoms with Gasteiger partial charge in [0.25, 0.3) is 0 Å². The second-order valence-electron chi connectivity index (χ2n) is 7.45. The Kier molecular flexibility index (Phi) is 3.24. The van der Waals surface area contributed by atoms with E-state index in [9.17, 15) is 0 Å². The maximum Gasteiger partial charge on any atom is 0.0837 e. The van der Waals surface area contributed by atoms with Crippen LogP contribution in [0.15, 0.2) is 18.5 Å². The van der Waals surface area contributed by atoms with Gasteiger partial charge >= 0.3 is 0 Å². The van der Waals surface area contributed by atoms with E-state index in [4.69, 9.17) is 5.73 Å². The smallest absolute Gasteiger partial charge is 0.0837 e. The van der Waals surface area contributed by atoms with E-state index in [0.29, 0.717) is 6.04 Å². The minimum atomic E-state index is 0.142. The van der Waals surface area contributed by atoms with Crippen LogP contribution in [0.3, 0.4) is 0 Å². The molecule has 3 rings (SSSR count). The largest absolute Gasteiger partial charge is 0.324 e. The van der Waals surface area contributed by atoms with E-state index in [1.54, 1.807) is 0 Å². The van der Waals surface area contributed by atoms with Crippen molar-refractivity contribution in [2.24, 2.45) is 11.1 Å². The Morgan fingerprint density at radius 2 is 2.10 bits per heavy atom. The molecule has 1 aliphatic rings. The third kappa shape index (κ3) is 2.42. The molecule has 1 unspecified atom stereocenters. The van der Waals surface area contributed by atoms with E-state index >= 15 is 0 Å². The van der Waals surface area contributed by atoms with Crippen molar-refractivity contribution in [2.75, 3.05) is 0 Å². The first-order valence-electron chi connectivity index (χ1n) is 7.80. The lowest BCUT2D eigenvalue weighted by molar-refractivity contribution is 0.278. The van der Waals surface area contributed by atoms with Gasteiger partial charge in [0.05, 0.1) is 11.9 Å². The Morgan fingerprint density at radius 1 is 1.38 bits per heavy atom. The van der Waals surface area contributed by atoms with Gasteiger partial charge in [-0.05, 0) is 50.7 Å². The maximum absolute atomic E-state index is 6.40. The molecule has 114 valence electrons. The van der Waals surface area contributed by atoms with Gasteiger partial charge in [0.15, 0.2) is 0 Å². The molecule has 1 atom stereocenters. The fraction of sp³-hybridized carbons (Fsp3) is 0.588. The standard InChI is InChI=1S/C17H26N4/c1-11(2)20-10-13(9-19-20)21-12(3)6-14-15(18)7-17(4,5)8-16(14)21/h6,9-11,15H,7-8,18H2,1-5H3. The second kappa shape index (κ2) is 4.73. The van der Waals surface area contributed by atoms with Crippen LogP contribution >= 0.6 is 0 Å². The molecule has 0 spiro atoms. The SMILES string of the molecule is Cc1cc2c(n1-c1cnn(C(C)C)c1)CC(C)(C)CC2N. The zero-order valence-electron chi connectivity index (χ0n) is 13.7. The molecule has 0 aliphatic heterocycles. The quantitative estimate of drug-likeness (QED) is 0.918. The molecule has 0 saturated heterocycles. The Morgan fingerprint density at radius 3 is 2.71 bits per heavy atom. The van der Waals surface area contributed by atoms with Crippen molar-refractivity contribution in [3.05, 3.63) is 35.4 Å². The molecule has 1 aliphatic carbocycles. The third-order valence-electron chi connectivity index (χ3n) is 4.51. The first-order chi connectivity index (χ1) is 9.78. The summed E-state index contributed by atoms with van der Waals surface area (Å²) in [4.78, 5) is 0. The van der Waals surface area contributed by atoms with Crippen molar-refractivity contribution >= 4 is 0 Å². The zero-order chi connectivity index (χ0) is 15.4. The number of hydrogen-bond donors (Lipinski definition) is 1. The van der Waals surface area contributed by atoms with E-state index < -0.39 is 0 Å². The number of rotatable bonds is 2. The monoisotopic (exact) mass is 286 g/mol. The molecule has 4 nitrogen and oxygen atoms in total. The Hall–Kier alpha value is -1.55. The van der Waals surface area contributed by atoms with Gasteiger partial charge in [-0.25, -0.2) is 0 Å². The first kappa shape index (κ1) is 14.4. The number of fused-ring (bicyclic) bond motifs is 1. The van der Waals surface area contributed by atoms with E-state index in [1.807, 2.05) is 10.9 Å². The average molecular weight is 286 g/mol. The van der Waals surface area contributed by atoms with Crippen LogP contribution in [0.25, 0.3) is 5.69 Å². The summed E-state index contributed by atoms with van der Waals surface area (Å²) >= 11 is 0. The summed E-state index contributed by atoms with van der Waals surface area (Å²) < 4.78 is 4.34. The zero-order valence-corrected chi connectivity index (χ0v) is 13.7. The van der Waals surface area contributed by atoms with Crippen molar-refractivity contribution in [2.45, 2.75) is 59.5 Å². The molecule has 0 aromatic carbocycles. The van der Waals surface area contributed by atoms with Crippen LogP contribution in [-0.2, 0) is 6.42 Å². The highest BCUT2D eigenvalue weighted by molar-refractivity contribution is 5.42. The van der Waals surface area contributed by atoms with E-state index in [1.165, 1.54) is 17.0 Å². The lowest BCUT2D eigenvalue weighted by Gasteiger charge is -2.34. The molecule has 0 saturated carbocycles. The predicted molar refractivity (Wildman–Crippen MR) is 85.7 cm³/mol. The molecule has 2 aromatic heterocycles. The van der Waals surface area contributed by atoms with Gasteiger partial charge in [-0.2, -0.15) is 5.10 Å². The topological polar surface area (TPSA) is 48.8 Å². The van der Waals surface area contributed by atoms with Crippen molar-refractivity contribution in [1.29, 1.82) is 0 Å². The molecule has 2 aromatic rings. The van der Waals surface area contributed by atoms with Crippen molar-refractivity contribution in [1.82, 2.24) is 14.3 Å². The number of nitrogens with two attached hydrogens (primary N) is 1. The summed E-state index contributed by atoms with van der Waals surface area (Å²) in [5, 5.41) is 4.48. The fourth-order valence-electron chi connectivity index (χ4n) is 3.53. The Bertz CT molecular complexity index is 660. The Balaban J connectivity index is 2.11. The molecular weight excluding hydrogens is 260 g/mol. The minimum absolute atomic E-state index is 0.142. The van der Waals surface area contributed by atoms with Crippen LogP contribution in [0.1, 0.15) is 63.2 Å². The van der Waals surface area contributed by atoms with Crippen LogP contribution in [0.2, 0.25) is 0 Å². The molecule has 0 fully saturated rings. The van der Waals surface area contributed by atoms with Gasteiger partial charge in [-0.15, -0.1) is 0 Å². The number of aromatic nitrogens is 3. The van der Waals surface area contributed by atoms with Crippen LogP contribution in [-0.4, -0.2) is 14.3 Å². The lowest BCUT2D eigenvalue weighted by Crippen LogP contribution is -2.30. The summed E-state index contributed by atoms with van der Waals surface area (Å²) in [6.07, 6.45) is 6.21. The number of aryl methyl sites for hydroxylation is 1. The molecule has 0 amide bonds. The molecular formula is C17H26N4. The third-order valence-corrected chi connectivity index (χ3v) is 4.51. The first-order valence-corrected chi connectivity index (χ1v) is 7.80. The van der Waals surface area contributed by atoms with Crippen LogP contribution in [0, 0.1) is 12.3 Å². The van der Waals surface area contributed by atoms with Gasteiger partial charge in [-0.1, -0.05) is 13.8 Å².